The highest BCUT2D eigenvalue weighted by Gasteiger charge is 2.19. The standard InChI is InChI=1S/C18H16F2N2O3S/c19-14-7-8-15(20)17(12-14)26(23,24)22-10-3-11-25-16-6-1-4-13-5-2-9-21-18(13)16/h1-2,4-9,12,22H,3,10-11H2. The zero-order chi connectivity index (χ0) is 18.6. The van der Waals surface area contributed by atoms with Gasteiger partial charge in [-0.3, -0.25) is 4.98 Å². The van der Waals surface area contributed by atoms with Crippen LogP contribution < -0.4 is 9.46 Å². The summed E-state index contributed by atoms with van der Waals surface area (Å²) in [6.07, 6.45) is 2.01. The van der Waals surface area contributed by atoms with E-state index in [0.29, 0.717) is 18.2 Å². The van der Waals surface area contributed by atoms with Gasteiger partial charge in [0.05, 0.1) is 6.61 Å². The first kappa shape index (κ1) is 18.2. The molecule has 0 aliphatic rings. The molecule has 0 saturated heterocycles. The number of nitrogens with one attached hydrogen (secondary N) is 1. The minimum atomic E-state index is -4.13. The molecule has 0 atom stereocenters. The number of benzene rings is 2. The quantitative estimate of drug-likeness (QED) is 0.641. The summed E-state index contributed by atoms with van der Waals surface area (Å²) in [6, 6.07) is 11.6. The molecule has 5 nitrogen and oxygen atoms in total. The summed E-state index contributed by atoms with van der Waals surface area (Å²) < 4.78 is 58.7. The summed E-state index contributed by atoms with van der Waals surface area (Å²) >= 11 is 0. The van der Waals surface area contributed by atoms with Crippen molar-refractivity contribution in [2.24, 2.45) is 0 Å². The molecule has 2 aromatic carbocycles. The molecule has 1 N–H and O–H groups in total. The summed E-state index contributed by atoms with van der Waals surface area (Å²) in [7, 11) is -4.13. The number of para-hydroxylation sites is 1. The molecule has 8 heteroatoms. The van der Waals surface area contributed by atoms with Gasteiger partial charge in [-0.1, -0.05) is 18.2 Å². The Morgan fingerprint density at radius 2 is 1.88 bits per heavy atom. The lowest BCUT2D eigenvalue weighted by molar-refractivity contribution is 0.314. The Bertz CT molecular complexity index is 1020. The lowest BCUT2D eigenvalue weighted by atomic mass is 10.2. The van der Waals surface area contributed by atoms with Crippen LogP contribution in [-0.2, 0) is 10.0 Å². The van der Waals surface area contributed by atoms with Gasteiger partial charge in [0.15, 0.2) is 0 Å². The predicted molar refractivity (Wildman–Crippen MR) is 93.4 cm³/mol. The summed E-state index contributed by atoms with van der Waals surface area (Å²) in [5, 5.41) is 0.937. The van der Waals surface area contributed by atoms with Crippen LogP contribution in [0.4, 0.5) is 8.78 Å². The number of hydrogen-bond acceptors (Lipinski definition) is 4. The number of ether oxygens (including phenoxy) is 1. The third-order valence-corrected chi connectivity index (χ3v) is 5.13. The van der Waals surface area contributed by atoms with Gasteiger partial charge in [0.25, 0.3) is 0 Å². The minimum Gasteiger partial charge on any atom is -0.491 e. The fourth-order valence-corrected chi connectivity index (χ4v) is 3.58. The number of rotatable bonds is 7. The van der Waals surface area contributed by atoms with Crippen molar-refractivity contribution in [1.29, 1.82) is 0 Å². The zero-order valence-electron chi connectivity index (χ0n) is 13.7. The van der Waals surface area contributed by atoms with Crippen molar-refractivity contribution in [3.05, 3.63) is 66.4 Å². The van der Waals surface area contributed by atoms with Gasteiger partial charge in [-0.25, -0.2) is 21.9 Å². The third-order valence-electron chi connectivity index (χ3n) is 3.65. The number of hydrogen-bond donors (Lipinski definition) is 1. The molecule has 26 heavy (non-hydrogen) atoms. The molecule has 136 valence electrons. The summed E-state index contributed by atoms with van der Waals surface area (Å²) in [6.45, 7) is 0.264. The van der Waals surface area contributed by atoms with Crippen molar-refractivity contribution in [2.45, 2.75) is 11.3 Å². The molecule has 3 rings (SSSR count). The average Bonchev–Trinajstić information content (AvgIpc) is 2.63. The van der Waals surface area contributed by atoms with Crippen molar-refractivity contribution < 1.29 is 21.9 Å². The van der Waals surface area contributed by atoms with Crippen LogP contribution in [0.2, 0.25) is 0 Å². The van der Waals surface area contributed by atoms with E-state index in [9.17, 15) is 17.2 Å². The van der Waals surface area contributed by atoms with Crippen LogP contribution in [0.15, 0.2) is 59.6 Å². The van der Waals surface area contributed by atoms with Crippen LogP contribution >= 0.6 is 0 Å². The Morgan fingerprint density at radius 3 is 2.73 bits per heavy atom. The van der Waals surface area contributed by atoms with Crippen LogP contribution in [0, 0.1) is 11.6 Å². The van der Waals surface area contributed by atoms with Crippen LogP contribution in [0.3, 0.4) is 0 Å². The molecule has 0 fully saturated rings. The van der Waals surface area contributed by atoms with Gasteiger partial charge in [0.2, 0.25) is 10.0 Å². The minimum absolute atomic E-state index is 0.0243. The molecular formula is C18H16F2N2O3S. The first-order valence-electron chi connectivity index (χ1n) is 7.89. The normalized spacial score (nSPS) is 11.6. The van der Waals surface area contributed by atoms with Gasteiger partial charge in [0, 0.05) is 18.1 Å². The van der Waals surface area contributed by atoms with Gasteiger partial charge in [-0.2, -0.15) is 0 Å². The SMILES string of the molecule is O=S(=O)(NCCCOc1cccc2cccnc12)c1cc(F)ccc1F. The van der Waals surface area contributed by atoms with Crippen LogP contribution in [-0.4, -0.2) is 26.6 Å². The van der Waals surface area contributed by atoms with Gasteiger partial charge in [0.1, 0.15) is 27.8 Å². The van der Waals surface area contributed by atoms with E-state index in [2.05, 4.69) is 9.71 Å². The van der Waals surface area contributed by atoms with E-state index in [4.69, 9.17) is 4.74 Å². The van der Waals surface area contributed by atoms with Crippen LogP contribution in [0.1, 0.15) is 6.42 Å². The number of sulfonamides is 1. The predicted octanol–water partition coefficient (Wildman–Crippen LogP) is 3.26. The van der Waals surface area contributed by atoms with Crippen molar-refractivity contribution in [1.82, 2.24) is 9.71 Å². The fraction of sp³-hybridized carbons (Fsp3) is 0.167. The number of fused-ring (bicyclic) bond motifs is 1. The van der Waals surface area contributed by atoms with E-state index < -0.39 is 26.6 Å². The van der Waals surface area contributed by atoms with Crippen molar-refractivity contribution in [3.8, 4) is 5.75 Å². The summed E-state index contributed by atoms with van der Waals surface area (Å²) in [4.78, 5) is 3.55. The third kappa shape index (κ3) is 4.14. The topological polar surface area (TPSA) is 68.3 Å². The smallest absolute Gasteiger partial charge is 0.243 e. The van der Waals surface area contributed by atoms with Crippen molar-refractivity contribution >= 4 is 20.9 Å². The Hall–Kier alpha value is -2.58. The maximum atomic E-state index is 13.6. The van der Waals surface area contributed by atoms with Crippen LogP contribution in [0.5, 0.6) is 5.75 Å². The van der Waals surface area contributed by atoms with Gasteiger partial charge in [-0.05, 0) is 36.8 Å². The number of nitrogens with zero attached hydrogens (tertiary/aromatic N) is 1. The number of pyridine rings is 1. The Kier molecular flexibility index (Phi) is 5.43. The van der Waals surface area contributed by atoms with Gasteiger partial charge >= 0.3 is 0 Å². The van der Waals surface area contributed by atoms with E-state index in [1.54, 1.807) is 12.3 Å². The summed E-state index contributed by atoms with van der Waals surface area (Å²) in [5.41, 5.74) is 0.720. The molecule has 0 amide bonds. The van der Waals surface area contributed by atoms with Gasteiger partial charge in [-0.15, -0.1) is 0 Å². The molecule has 1 aromatic heterocycles. The molecule has 0 aliphatic carbocycles. The lowest BCUT2D eigenvalue weighted by Crippen LogP contribution is -2.26. The second-order valence-electron chi connectivity index (χ2n) is 5.51. The van der Waals surface area contributed by atoms with E-state index in [-0.39, 0.29) is 13.2 Å². The van der Waals surface area contributed by atoms with Crippen LogP contribution in [0.25, 0.3) is 10.9 Å². The maximum absolute atomic E-state index is 13.6. The Balaban J connectivity index is 1.56. The highest BCUT2D eigenvalue weighted by atomic mass is 32.2. The second-order valence-corrected chi connectivity index (χ2v) is 7.24. The van der Waals surface area contributed by atoms with E-state index in [0.717, 1.165) is 23.0 Å². The first-order valence-corrected chi connectivity index (χ1v) is 9.37. The van der Waals surface area contributed by atoms with E-state index in [1.165, 1.54) is 0 Å². The van der Waals surface area contributed by atoms with E-state index >= 15 is 0 Å². The monoisotopic (exact) mass is 378 g/mol. The lowest BCUT2D eigenvalue weighted by Gasteiger charge is -2.10. The fourth-order valence-electron chi connectivity index (χ4n) is 2.41. The largest absolute Gasteiger partial charge is 0.491 e. The highest BCUT2D eigenvalue weighted by Crippen LogP contribution is 2.23. The molecule has 1 heterocycles. The molecular weight excluding hydrogens is 362 g/mol. The Labute approximate surface area is 149 Å². The molecule has 0 bridgehead atoms. The summed E-state index contributed by atoms with van der Waals surface area (Å²) in [5.74, 6) is -1.22. The molecule has 0 spiro atoms. The molecule has 3 aromatic rings. The number of halogens is 2. The van der Waals surface area contributed by atoms with E-state index in [1.807, 2.05) is 24.3 Å². The Morgan fingerprint density at radius 1 is 1.08 bits per heavy atom. The van der Waals surface area contributed by atoms with Crippen molar-refractivity contribution in [2.75, 3.05) is 13.2 Å². The average molecular weight is 378 g/mol. The molecule has 0 aliphatic heterocycles. The molecule has 0 saturated carbocycles. The van der Waals surface area contributed by atoms with Crippen molar-refractivity contribution in [3.63, 3.8) is 0 Å². The highest BCUT2D eigenvalue weighted by molar-refractivity contribution is 7.89. The molecule has 0 unspecified atom stereocenters. The maximum Gasteiger partial charge on any atom is 0.243 e. The number of aromatic nitrogens is 1. The molecule has 0 radical (unpaired) electrons. The first-order chi connectivity index (χ1) is 12.5. The van der Waals surface area contributed by atoms with Gasteiger partial charge < -0.3 is 4.74 Å². The zero-order valence-corrected chi connectivity index (χ0v) is 14.5. The second kappa shape index (κ2) is 7.76.